The summed E-state index contributed by atoms with van der Waals surface area (Å²) in [5, 5.41) is 4.83. The lowest BCUT2D eigenvalue weighted by molar-refractivity contribution is 0.153. The number of nitrogens with zero attached hydrogens (tertiary/aromatic N) is 2. The Hall–Kier alpha value is -1.45. The lowest BCUT2D eigenvalue weighted by Gasteiger charge is -2.01. The summed E-state index contributed by atoms with van der Waals surface area (Å²) >= 11 is 0. The molecule has 0 bridgehead atoms. The summed E-state index contributed by atoms with van der Waals surface area (Å²) in [6, 6.07) is 3.14. The van der Waals surface area contributed by atoms with Gasteiger partial charge in [0.1, 0.15) is 5.52 Å². The van der Waals surface area contributed by atoms with Gasteiger partial charge in [-0.25, -0.2) is 8.78 Å². The number of fused-ring (bicyclic) bond motifs is 1. The van der Waals surface area contributed by atoms with Gasteiger partial charge in [0.05, 0.1) is 0 Å². The predicted octanol–water partition coefficient (Wildman–Crippen LogP) is 2.82. The lowest BCUT2D eigenvalue weighted by atomic mass is 10.1. The molecule has 0 unspecified atom stereocenters. The van der Waals surface area contributed by atoms with Gasteiger partial charge in [-0.1, -0.05) is 12.1 Å². The van der Waals surface area contributed by atoms with Crippen LogP contribution >= 0.6 is 0 Å². The largest absolute Gasteiger partial charge is 0.275 e. The molecule has 0 saturated heterocycles. The predicted molar refractivity (Wildman–Crippen MR) is 50.4 cm³/mol. The number of hydrogen-bond acceptors (Lipinski definition) is 1. The molecule has 0 spiro atoms. The van der Waals surface area contributed by atoms with Crippen LogP contribution in [0.25, 0.3) is 10.9 Å². The molecule has 0 aliphatic carbocycles. The van der Waals surface area contributed by atoms with E-state index in [9.17, 15) is 8.78 Å². The van der Waals surface area contributed by atoms with Crippen LogP contribution in [0.5, 0.6) is 0 Å². The van der Waals surface area contributed by atoms with E-state index in [4.69, 9.17) is 0 Å². The fraction of sp³-hybridized carbons (Fsp3) is 0.300. The Labute approximate surface area is 80.1 Å². The Balaban J connectivity index is 2.81. The molecule has 4 heteroatoms. The van der Waals surface area contributed by atoms with E-state index >= 15 is 0 Å². The first-order valence-electron chi connectivity index (χ1n) is 4.30. The van der Waals surface area contributed by atoms with Crippen LogP contribution in [0.15, 0.2) is 18.3 Å². The number of aromatic nitrogens is 2. The maximum Gasteiger partial charge on any atom is 0.266 e. The third-order valence-corrected chi connectivity index (χ3v) is 2.28. The minimum atomic E-state index is -2.46. The molecule has 14 heavy (non-hydrogen) atoms. The van der Waals surface area contributed by atoms with Crippen LogP contribution in [0.1, 0.15) is 17.6 Å². The molecule has 0 radical (unpaired) electrons. The van der Waals surface area contributed by atoms with Gasteiger partial charge >= 0.3 is 0 Å². The average molecular weight is 196 g/mol. The van der Waals surface area contributed by atoms with Crippen molar-refractivity contribution in [3.05, 3.63) is 29.5 Å². The van der Waals surface area contributed by atoms with Crippen LogP contribution in [0, 0.1) is 6.92 Å². The molecule has 0 amide bonds. The van der Waals surface area contributed by atoms with E-state index in [0.29, 0.717) is 5.52 Å². The Morgan fingerprint density at radius 3 is 2.71 bits per heavy atom. The van der Waals surface area contributed by atoms with Crippen molar-refractivity contribution in [2.75, 3.05) is 0 Å². The molecule has 2 aromatic rings. The Bertz CT molecular complexity index is 474. The van der Waals surface area contributed by atoms with Crippen molar-refractivity contribution < 1.29 is 8.78 Å². The highest BCUT2D eigenvalue weighted by Crippen LogP contribution is 2.28. The fourth-order valence-corrected chi connectivity index (χ4v) is 1.55. The van der Waals surface area contributed by atoms with Crippen LogP contribution in [0.3, 0.4) is 0 Å². The molecule has 2 nitrogen and oxygen atoms in total. The number of hydrogen-bond donors (Lipinski definition) is 0. The number of benzene rings is 1. The van der Waals surface area contributed by atoms with Crippen LogP contribution in [-0.4, -0.2) is 9.78 Å². The Morgan fingerprint density at radius 1 is 1.36 bits per heavy atom. The van der Waals surface area contributed by atoms with Gasteiger partial charge in [-0.3, -0.25) is 4.68 Å². The first-order chi connectivity index (χ1) is 6.59. The second-order valence-corrected chi connectivity index (χ2v) is 3.34. The van der Waals surface area contributed by atoms with Crippen molar-refractivity contribution in [1.82, 2.24) is 9.78 Å². The summed E-state index contributed by atoms with van der Waals surface area (Å²) in [5.41, 5.74) is 1.38. The van der Waals surface area contributed by atoms with Gasteiger partial charge in [0, 0.05) is 24.2 Å². The normalized spacial score (nSPS) is 11.5. The molecular weight excluding hydrogens is 186 g/mol. The summed E-state index contributed by atoms with van der Waals surface area (Å²) in [4.78, 5) is 0. The number of rotatable bonds is 1. The van der Waals surface area contributed by atoms with E-state index in [1.165, 1.54) is 6.07 Å². The zero-order valence-corrected chi connectivity index (χ0v) is 7.96. The maximum absolute atomic E-state index is 12.6. The van der Waals surface area contributed by atoms with Crippen LogP contribution in [0.2, 0.25) is 0 Å². The topological polar surface area (TPSA) is 17.8 Å². The molecule has 0 N–H and O–H groups in total. The molecule has 1 aromatic carbocycles. The first-order valence-corrected chi connectivity index (χ1v) is 4.30. The van der Waals surface area contributed by atoms with E-state index in [-0.39, 0.29) is 5.56 Å². The Kier molecular flexibility index (Phi) is 1.98. The van der Waals surface area contributed by atoms with Crippen molar-refractivity contribution in [3.63, 3.8) is 0 Å². The quantitative estimate of drug-likeness (QED) is 0.685. The number of halogens is 2. The lowest BCUT2D eigenvalue weighted by Crippen LogP contribution is -1.90. The molecule has 1 heterocycles. The van der Waals surface area contributed by atoms with Gasteiger partial charge in [-0.15, -0.1) is 0 Å². The van der Waals surface area contributed by atoms with Gasteiger partial charge in [-0.05, 0) is 12.5 Å². The molecule has 74 valence electrons. The zero-order chi connectivity index (χ0) is 10.3. The molecule has 0 atom stereocenters. The summed E-state index contributed by atoms with van der Waals surface area (Å²) in [7, 11) is 1.73. The second kappa shape index (κ2) is 3.04. The molecule has 0 fully saturated rings. The monoisotopic (exact) mass is 196 g/mol. The van der Waals surface area contributed by atoms with E-state index in [1.54, 1.807) is 24.0 Å². The molecule has 1 aromatic heterocycles. The second-order valence-electron chi connectivity index (χ2n) is 3.34. The standard InChI is InChI=1S/C10H10F2N2/c1-6-3-4-7(10(11)12)9-8(6)5-14(2)13-9/h3-5,10H,1-2H3. The molecular formula is C10H10F2N2. The van der Waals surface area contributed by atoms with Crippen LogP contribution in [0.4, 0.5) is 8.78 Å². The van der Waals surface area contributed by atoms with Gasteiger partial charge in [-0.2, -0.15) is 5.10 Å². The fourth-order valence-electron chi connectivity index (χ4n) is 1.55. The van der Waals surface area contributed by atoms with Crippen molar-refractivity contribution in [1.29, 1.82) is 0 Å². The van der Waals surface area contributed by atoms with Gasteiger partial charge < -0.3 is 0 Å². The van der Waals surface area contributed by atoms with E-state index in [0.717, 1.165) is 10.9 Å². The summed E-state index contributed by atoms with van der Waals surface area (Å²) < 4.78 is 26.7. The zero-order valence-electron chi connectivity index (χ0n) is 7.96. The number of alkyl halides is 2. The van der Waals surface area contributed by atoms with Gasteiger partial charge in [0.25, 0.3) is 6.43 Å². The molecule has 0 aliphatic rings. The van der Waals surface area contributed by atoms with E-state index < -0.39 is 6.43 Å². The average Bonchev–Trinajstić information content (AvgIpc) is 2.47. The number of aryl methyl sites for hydroxylation is 2. The summed E-state index contributed by atoms with van der Waals surface area (Å²) in [6.45, 7) is 1.89. The van der Waals surface area contributed by atoms with Crippen molar-refractivity contribution in [2.24, 2.45) is 7.05 Å². The summed E-state index contributed by atoms with van der Waals surface area (Å²) in [6.07, 6.45) is -0.704. The van der Waals surface area contributed by atoms with E-state index in [2.05, 4.69) is 5.10 Å². The molecule has 0 aliphatic heterocycles. The highest BCUT2D eigenvalue weighted by molar-refractivity contribution is 5.84. The highest BCUT2D eigenvalue weighted by atomic mass is 19.3. The first kappa shape index (κ1) is 9.12. The van der Waals surface area contributed by atoms with Crippen molar-refractivity contribution in [3.8, 4) is 0 Å². The van der Waals surface area contributed by atoms with Crippen LogP contribution < -0.4 is 0 Å². The minimum absolute atomic E-state index is 0.00574. The summed E-state index contributed by atoms with van der Waals surface area (Å²) in [5.74, 6) is 0. The van der Waals surface area contributed by atoms with Crippen molar-refractivity contribution >= 4 is 10.9 Å². The minimum Gasteiger partial charge on any atom is -0.275 e. The maximum atomic E-state index is 12.6. The van der Waals surface area contributed by atoms with Gasteiger partial charge in [0.2, 0.25) is 0 Å². The van der Waals surface area contributed by atoms with Crippen LogP contribution in [-0.2, 0) is 7.05 Å². The van der Waals surface area contributed by atoms with Gasteiger partial charge in [0.15, 0.2) is 0 Å². The van der Waals surface area contributed by atoms with Crippen molar-refractivity contribution in [2.45, 2.75) is 13.3 Å². The highest BCUT2D eigenvalue weighted by Gasteiger charge is 2.14. The molecule has 0 saturated carbocycles. The Morgan fingerprint density at radius 2 is 2.07 bits per heavy atom. The molecule has 2 rings (SSSR count). The smallest absolute Gasteiger partial charge is 0.266 e. The van der Waals surface area contributed by atoms with E-state index in [1.807, 2.05) is 6.92 Å². The third-order valence-electron chi connectivity index (χ3n) is 2.28. The SMILES string of the molecule is Cc1ccc(C(F)F)c2nn(C)cc12. The third kappa shape index (κ3) is 1.27.